The maximum Gasteiger partial charge on any atom is 0.317 e. The molecule has 0 bridgehead atoms. The lowest BCUT2D eigenvalue weighted by molar-refractivity contribution is 0.106. The quantitative estimate of drug-likeness (QED) is 0.656. The molecule has 3 rings (SSSR count). The predicted octanol–water partition coefficient (Wildman–Crippen LogP) is 5.08. The Hall–Kier alpha value is -2.33. The summed E-state index contributed by atoms with van der Waals surface area (Å²) in [4.78, 5) is 17.1. The maximum atomic E-state index is 12.6. The lowest BCUT2D eigenvalue weighted by atomic mass is 9.96. The Morgan fingerprint density at radius 1 is 1.17 bits per heavy atom. The molecule has 4 heteroatoms. The highest BCUT2D eigenvalue weighted by Gasteiger charge is 2.28. The van der Waals surface area contributed by atoms with Gasteiger partial charge in [0.25, 0.3) is 0 Å². The fraction of sp³-hybridized carbons (Fsp3) is 0.480. The van der Waals surface area contributed by atoms with Crippen molar-refractivity contribution in [1.82, 2.24) is 15.1 Å². The van der Waals surface area contributed by atoms with Crippen molar-refractivity contribution in [3.8, 4) is 0 Å². The summed E-state index contributed by atoms with van der Waals surface area (Å²) in [6.07, 6.45) is 13.9. The molecular weight excluding hydrogens is 358 g/mol. The van der Waals surface area contributed by atoms with E-state index in [1.165, 1.54) is 24.0 Å². The van der Waals surface area contributed by atoms with Crippen molar-refractivity contribution in [3.63, 3.8) is 0 Å². The van der Waals surface area contributed by atoms with Gasteiger partial charge in [0.1, 0.15) is 0 Å². The monoisotopic (exact) mass is 393 g/mol. The van der Waals surface area contributed by atoms with Crippen LogP contribution in [-0.2, 0) is 0 Å². The second-order valence-electron chi connectivity index (χ2n) is 8.04. The molecular formula is C25H35N3O. The number of allylic oxidation sites excluding steroid dienone is 4. The lowest BCUT2D eigenvalue weighted by Gasteiger charge is -2.40. The van der Waals surface area contributed by atoms with Crippen LogP contribution in [0.1, 0.15) is 50.6 Å². The average molecular weight is 394 g/mol. The van der Waals surface area contributed by atoms with E-state index < -0.39 is 0 Å². The Kier molecular flexibility index (Phi) is 8.12. The highest BCUT2D eigenvalue weighted by Crippen LogP contribution is 2.29. The van der Waals surface area contributed by atoms with E-state index in [2.05, 4.69) is 66.2 Å². The van der Waals surface area contributed by atoms with Crippen LogP contribution in [-0.4, -0.2) is 48.1 Å². The van der Waals surface area contributed by atoms with Crippen LogP contribution in [0.4, 0.5) is 4.79 Å². The van der Waals surface area contributed by atoms with Gasteiger partial charge in [0.15, 0.2) is 0 Å². The summed E-state index contributed by atoms with van der Waals surface area (Å²) in [6.45, 7) is 9.26. The van der Waals surface area contributed by atoms with E-state index in [0.717, 1.165) is 45.4 Å². The Bertz CT molecular complexity index is 711. The summed E-state index contributed by atoms with van der Waals surface area (Å²) < 4.78 is 0. The van der Waals surface area contributed by atoms with Crippen LogP contribution < -0.4 is 5.32 Å². The molecule has 0 spiro atoms. The minimum atomic E-state index is 0.121. The van der Waals surface area contributed by atoms with Gasteiger partial charge in [-0.05, 0) is 31.7 Å². The average Bonchev–Trinajstić information content (AvgIpc) is 3.28. The van der Waals surface area contributed by atoms with Crippen LogP contribution in [0.5, 0.6) is 0 Å². The molecule has 0 aromatic heterocycles. The van der Waals surface area contributed by atoms with Gasteiger partial charge >= 0.3 is 6.03 Å². The molecule has 1 aliphatic heterocycles. The van der Waals surface area contributed by atoms with E-state index in [9.17, 15) is 4.79 Å². The number of nitrogens with zero attached hydrogens (tertiary/aromatic N) is 2. The normalized spacial score (nSPS) is 20.2. The Labute approximate surface area is 176 Å². The first-order chi connectivity index (χ1) is 14.2. The van der Waals surface area contributed by atoms with Crippen molar-refractivity contribution >= 4 is 6.03 Å². The summed E-state index contributed by atoms with van der Waals surface area (Å²) in [6, 6.07) is 11.5. The molecule has 0 radical (unpaired) electrons. The predicted molar refractivity (Wildman–Crippen MR) is 121 cm³/mol. The van der Waals surface area contributed by atoms with E-state index >= 15 is 0 Å². The molecule has 1 N–H and O–H groups in total. The zero-order valence-electron chi connectivity index (χ0n) is 17.7. The molecule has 1 aromatic carbocycles. The van der Waals surface area contributed by atoms with Crippen molar-refractivity contribution in [1.29, 1.82) is 0 Å². The molecule has 4 nitrogen and oxygen atoms in total. The first kappa shape index (κ1) is 21.4. The highest BCUT2D eigenvalue weighted by atomic mass is 16.2. The number of carbonyl (C=O) groups is 1. The topological polar surface area (TPSA) is 35.6 Å². The van der Waals surface area contributed by atoms with Crippen LogP contribution in [0.2, 0.25) is 0 Å². The number of piperazine rings is 1. The first-order valence-corrected chi connectivity index (χ1v) is 11.0. The smallest absolute Gasteiger partial charge is 0.317 e. The second-order valence-corrected chi connectivity index (χ2v) is 8.04. The molecule has 29 heavy (non-hydrogen) atoms. The number of benzene rings is 1. The van der Waals surface area contributed by atoms with E-state index in [1.54, 1.807) is 0 Å². The van der Waals surface area contributed by atoms with E-state index in [4.69, 9.17) is 0 Å². The third-order valence-corrected chi connectivity index (χ3v) is 6.16. The van der Waals surface area contributed by atoms with Gasteiger partial charge in [0, 0.05) is 38.3 Å². The van der Waals surface area contributed by atoms with Gasteiger partial charge in [-0.2, -0.15) is 0 Å². The molecule has 2 aliphatic rings. The Balaban J connectivity index is 1.63. The van der Waals surface area contributed by atoms with Crippen LogP contribution in [0.3, 0.4) is 0 Å². The van der Waals surface area contributed by atoms with Crippen molar-refractivity contribution in [2.45, 2.75) is 51.1 Å². The number of carbonyl (C=O) groups excluding carboxylic acids is 1. The minimum absolute atomic E-state index is 0.121. The lowest BCUT2D eigenvalue weighted by Crippen LogP contribution is -2.53. The molecule has 2 amide bonds. The van der Waals surface area contributed by atoms with Gasteiger partial charge in [0.05, 0.1) is 0 Å². The van der Waals surface area contributed by atoms with Gasteiger partial charge in [-0.15, -0.1) is 0 Å². The van der Waals surface area contributed by atoms with Gasteiger partial charge in [-0.3, -0.25) is 4.90 Å². The van der Waals surface area contributed by atoms with Crippen molar-refractivity contribution in [2.24, 2.45) is 0 Å². The van der Waals surface area contributed by atoms with Crippen LogP contribution >= 0.6 is 0 Å². The number of nitrogens with one attached hydrogen (secondary N) is 1. The van der Waals surface area contributed by atoms with Gasteiger partial charge in [-0.1, -0.05) is 79.6 Å². The molecule has 1 heterocycles. The summed E-state index contributed by atoms with van der Waals surface area (Å²) in [7, 11) is 0. The molecule has 1 aliphatic carbocycles. The zero-order valence-corrected chi connectivity index (χ0v) is 17.7. The number of hydrogen-bond donors (Lipinski definition) is 1. The summed E-state index contributed by atoms with van der Waals surface area (Å²) in [5.74, 6) is 0. The minimum Gasteiger partial charge on any atom is -0.335 e. The number of rotatable bonds is 7. The van der Waals surface area contributed by atoms with Crippen LogP contribution in [0, 0.1) is 0 Å². The van der Waals surface area contributed by atoms with Gasteiger partial charge in [-0.25, -0.2) is 4.79 Å². The summed E-state index contributed by atoms with van der Waals surface area (Å²) >= 11 is 0. The zero-order chi connectivity index (χ0) is 20.5. The molecule has 156 valence electrons. The van der Waals surface area contributed by atoms with Crippen LogP contribution in [0.15, 0.2) is 66.8 Å². The van der Waals surface area contributed by atoms with Crippen molar-refractivity contribution < 1.29 is 4.79 Å². The standard InChI is InChI=1S/C25H35N3O/c1-3-5-11-21(4-2)20-24(22-12-7-6-8-13-22)27-16-18-28(19-17-27)25(29)26-23-14-9-10-15-23/h3-8,11-13,23-24H,1,9-10,14-20H2,2H3,(H,26,29)/b11-5-,21-4+. The fourth-order valence-electron chi connectivity index (χ4n) is 4.40. The largest absolute Gasteiger partial charge is 0.335 e. The second kappa shape index (κ2) is 11.0. The molecule has 1 unspecified atom stereocenters. The van der Waals surface area contributed by atoms with E-state index in [-0.39, 0.29) is 6.03 Å². The number of urea groups is 1. The fourth-order valence-corrected chi connectivity index (χ4v) is 4.40. The highest BCUT2D eigenvalue weighted by molar-refractivity contribution is 5.74. The maximum absolute atomic E-state index is 12.6. The first-order valence-electron chi connectivity index (χ1n) is 11.0. The van der Waals surface area contributed by atoms with Crippen LogP contribution in [0.25, 0.3) is 0 Å². The molecule has 1 saturated carbocycles. The third kappa shape index (κ3) is 6.07. The third-order valence-electron chi connectivity index (χ3n) is 6.16. The van der Waals surface area contributed by atoms with Gasteiger partial charge in [0.2, 0.25) is 0 Å². The van der Waals surface area contributed by atoms with Gasteiger partial charge < -0.3 is 10.2 Å². The molecule has 1 atom stereocenters. The Morgan fingerprint density at radius 3 is 2.48 bits per heavy atom. The molecule has 1 aromatic rings. The number of hydrogen-bond acceptors (Lipinski definition) is 2. The molecule has 1 saturated heterocycles. The SMILES string of the molecule is C=C/C=C\C(=C/C)CC(c1ccccc1)N1CCN(C(=O)NC2CCCC2)CC1. The van der Waals surface area contributed by atoms with Crippen molar-refractivity contribution in [3.05, 3.63) is 72.4 Å². The van der Waals surface area contributed by atoms with E-state index in [1.807, 2.05) is 17.1 Å². The summed E-state index contributed by atoms with van der Waals surface area (Å²) in [5.41, 5.74) is 2.64. The Morgan fingerprint density at radius 2 is 1.86 bits per heavy atom. The summed E-state index contributed by atoms with van der Waals surface area (Å²) in [5, 5.41) is 3.23. The number of amides is 2. The van der Waals surface area contributed by atoms with E-state index in [0.29, 0.717) is 12.1 Å². The molecule has 2 fully saturated rings. The van der Waals surface area contributed by atoms with Crippen molar-refractivity contribution in [2.75, 3.05) is 26.2 Å².